The van der Waals surface area contributed by atoms with E-state index in [1.165, 1.54) is 6.08 Å². The number of carboxylic acid groups (broad SMARTS) is 1. The third-order valence-corrected chi connectivity index (χ3v) is 1.36. The summed E-state index contributed by atoms with van der Waals surface area (Å²) in [6, 6.07) is 0. The van der Waals surface area contributed by atoms with E-state index < -0.39 is 12.3 Å². The first-order chi connectivity index (χ1) is 5.98. The van der Waals surface area contributed by atoms with Crippen molar-refractivity contribution in [2.45, 2.75) is 38.5 Å². The topological polar surface area (TPSA) is 37.3 Å². The van der Waals surface area contributed by atoms with E-state index in [0.29, 0.717) is 19.3 Å². The number of allylic oxidation sites excluding steroid dienone is 1. The summed E-state index contributed by atoms with van der Waals surface area (Å²) in [5.74, 6) is -0.785. The second-order valence-electron chi connectivity index (χ2n) is 2.36. The number of hydrogen-bond acceptors (Lipinski definition) is 1. The van der Waals surface area contributed by atoms with Gasteiger partial charge in [0.25, 0.3) is 0 Å². The average Bonchev–Trinajstić information content (AvgIpc) is 2.03. The molecule has 0 saturated carbocycles. The molecule has 0 heterocycles. The third-order valence-electron chi connectivity index (χ3n) is 1.36. The molecule has 0 aliphatic heterocycles. The number of carbonyl (C=O) groups is 1. The lowest BCUT2D eigenvalue weighted by molar-refractivity contribution is -0.137. The molecule has 64 valence electrons. The van der Waals surface area contributed by atoms with Crippen LogP contribution in [0.25, 0.3) is 0 Å². The summed E-state index contributed by atoms with van der Waals surface area (Å²) in [6.45, 7) is 3.39. The van der Waals surface area contributed by atoms with Gasteiger partial charge in [-0.1, -0.05) is 18.9 Å². The average molecular weight is 158 g/mol. The van der Waals surface area contributed by atoms with Crippen molar-refractivity contribution >= 4 is 5.97 Å². The molecular weight excluding hydrogens is 140 g/mol. The van der Waals surface area contributed by atoms with Crippen LogP contribution >= 0.6 is 0 Å². The number of unbranched alkanes of at least 4 members (excludes halogenated alkanes) is 2. The second-order valence-corrected chi connectivity index (χ2v) is 2.36. The van der Waals surface area contributed by atoms with Crippen LogP contribution in [0.5, 0.6) is 0 Å². The highest BCUT2D eigenvalue weighted by Crippen LogP contribution is 2.04. The maximum absolute atomic E-state index is 10.1. The molecule has 0 aliphatic rings. The molecule has 0 radical (unpaired) electrons. The van der Waals surface area contributed by atoms with E-state index in [2.05, 4.69) is 6.58 Å². The number of rotatable bonds is 7. The second kappa shape index (κ2) is 7.32. The normalized spacial score (nSPS) is 13.5. The molecule has 2 nitrogen and oxygen atoms in total. The van der Waals surface area contributed by atoms with Crippen molar-refractivity contribution in [1.82, 2.24) is 0 Å². The van der Waals surface area contributed by atoms with E-state index in [4.69, 9.17) is 7.85 Å². The summed E-state index contributed by atoms with van der Waals surface area (Å²) in [4.78, 5) is 10.1. The zero-order valence-electron chi connectivity index (χ0n) is 8.68. The summed E-state index contributed by atoms with van der Waals surface area (Å²) in [7, 11) is 0. The van der Waals surface area contributed by atoms with Crippen LogP contribution in [0, 0.1) is 0 Å². The van der Waals surface area contributed by atoms with Crippen LogP contribution in [0.1, 0.15) is 41.2 Å². The van der Waals surface area contributed by atoms with Gasteiger partial charge in [-0.25, -0.2) is 0 Å². The van der Waals surface area contributed by atoms with Crippen molar-refractivity contribution in [2.75, 3.05) is 0 Å². The van der Waals surface area contributed by atoms with Gasteiger partial charge in [-0.2, -0.15) is 0 Å². The minimum atomic E-state index is -1.30. The van der Waals surface area contributed by atoms with Gasteiger partial charge in [0.05, 0.1) is 0 Å². The molecule has 0 unspecified atom stereocenters. The van der Waals surface area contributed by atoms with Crippen molar-refractivity contribution < 1.29 is 12.6 Å². The molecule has 0 saturated heterocycles. The smallest absolute Gasteiger partial charge is 0.303 e. The van der Waals surface area contributed by atoms with Gasteiger partial charge in [-0.05, 0) is 19.2 Å². The number of carboxylic acids is 1. The fourth-order valence-corrected chi connectivity index (χ4v) is 0.782. The van der Waals surface area contributed by atoms with Crippen molar-refractivity contribution in [3.63, 3.8) is 0 Å². The van der Waals surface area contributed by atoms with E-state index in [1.54, 1.807) is 0 Å². The summed E-state index contributed by atoms with van der Waals surface area (Å²) in [5.41, 5.74) is 0. The molecule has 0 spiro atoms. The molecule has 0 fully saturated rings. The van der Waals surface area contributed by atoms with Gasteiger partial charge in [-0.3, -0.25) is 4.79 Å². The molecule has 1 N–H and O–H groups in total. The van der Waals surface area contributed by atoms with Gasteiger partial charge in [-0.15, -0.1) is 6.58 Å². The molecule has 0 amide bonds. The zero-order chi connectivity index (χ0) is 10.3. The lowest BCUT2D eigenvalue weighted by Crippen LogP contribution is -1.93. The largest absolute Gasteiger partial charge is 0.481 e. The summed E-state index contributed by atoms with van der Waals surface area (Å²) in [5, 5.41) is 8.33. The fraction of sp³-hybridized carbons (Fsp3) is 0.667. The molecule has 0 bridgehead atoms. The predicted molar refractivity (Wildman–Crippen MR) is 45.5 cm³/mol. The summed E-state index contributed by atoms with van der Waals surface area (Å²) >= 11 is 0. The number of hydrogen-bond donors (Lipinski definition) is 1. The van der Waals surface area contributed by atoms with Crippen LogP contribution in [0.4, 0.5) is 0 Å². The Morgan fingerprint density at radius 1 is 1.45 bits per heavy atom. The van der Waals surface area contributed by atoms with E-state index in [0.717, 1.165) is 6.42 Å². The Kier molecular flexibility index (Phi) is 4.59. The first-order valence-electron chi connectivity index (χ1n) is 4.83. The van der Waals surface area contributed by atoms with Crippen LogP contribution < -0.4 is 0 Å². The van der Waals surface area contributed by atoms with Crippen LogP contribution in [-0.2, 0) is 4.79 Å². The number of aliphatic carboxylic acids is 1. The highest BCUT2D eigenvalue weighted by Gasteiger charge is 1.94. The Morgan fingerprint density at radius 2 is 2.09 bits per heavy atom. The molecule has 0 aliphatic carbocycles. The van der Waals surface area contributed by atoms with E-state index >= 15 is 0 Å². The Morgan fingerprint density at radius 3 is 2.64 bits per heavy atom. The first kappa shape index (κ1) is 6.89. The molecule has 0 aromatic carbocycles. The van der Waals surface area contributed by atoms with Crippen molar-refractivity contribution in [1.29, 1.82) is 0 Å². The zero-order valence-corrected chi connectivity index (χ0v) is 6.68. The maximum atomic E-state index is 10.1. The fourth-order valence-electron chi connectivity index (χ4n) is 0.782. The van der Waals surface area contributed by atoms with Gasteiger partial charge in [0.1, 0.15) is 0 Å². The minimum absolute atomic E-state index is 0.178. The van der Waals surface area contributed by atoms with Gasteiger partial charge in [0, 0.05) is 9.16 Å². The van der Waals surface area contributed by atoms with E-state index in [-0.39, 0.29) is 6.42 Å². The van der Waals surface area contributed by atoms with E-state index in [9.17, 15) is 4.79 Å². The lowest BCUT2D eigenvalue weighted by atomic mass is 10.1. The Bertz CT molecular complexity index is 178. The van der Waals surface area contributed by atoms with Crippen LogP contribution in [-0.4, -0.2) is 11.1 Å². The SMILES string of the molecule is [2H]C([2H])(C=C)CCCCCC(=O)O. The molecule has 11 heavy (non-hydrogen) atoms. The molecule has 0 aromatic rings. The molecule has 0 rings (SSSR count). The standard InChI is InChI=1S/C9H16O2/c1-2-3-4-5-6-7-8-9(10)11/h2H,1,3-8H2,(H,10,11)/i3D2. The quantitative estimate of drug-likeness (QED) is 0.456. The summed E-state index contributed by atoms with van der Waals surface area (Å²) < 4.78 is 14.7. The maximum Gasteiger partial charge on any atom is 0.303 e. The van der Waals surface area contributed by atoms with Crippen LogP contribution in [0.3, 0.4) is 0 Å². The summed E-state index contributed by atoms with van der Waals surface area (Å²) in [6.07, 6.45) is 2.70. The highest BCUT2D eigenvalue weighted by molar-refractivity contribution is 5.66. The Balaban J connectivity index is 3.35. The predicted octanol–water partition coefficient (Wildman–Crippen LogP) is 2.60. The molecule has 2 heteroatoms. The van der Waals surface area contributed by atoms with E-state index in [1.807, 2.05) is 0 Å². The highest BCUT2D eigenvalue weighted by atomic mass is 16.4. The minimum Gasteiger partial charge on any atom is -0.481 e. The van der Waals surface area contributed by atoms with Gasteiger partial charge < -0.3 is 5.11 Å². The van der Waals surface area contributed by atoms with Gasteiger partial charge in [0.2, 0.25) is 0 Å². The van der Waals surface area contributed by atoms with Crippen LogP contribution in [0.2, 0.25) is 0 Å². The molecular formula is C9H16O2. The third kappa shape index (κ3) is 9.21. The Hall–Kier alpha value is -0.790. The first-order valence-corrected chi connectivity index (χ1v) is 3.83. The van der Waals surface area contributed by atoms with Gasteiger partial charge >= 0.3 is 5.97 Å². The molecule has 0 aromatic heterocycles. The monoisotopic (exact) mass is 158 g/mol. The lowest BCUT2D eigenvalue weighted by Gasteiger charge is -1.95. The van der Waals surface area contributed by atoms with Crippen LogP contribution in [0.15, 0.2) is 12.7 Å². The van der Waals surface area contributed by atoms with Crippen molar-refractivity contribution in [3.8, 4) is 0 Å². The van der Waals surface area contributed by atoms with Crippen molar-refractivity contribution in [3.05, 3.63) is 12.7 Å². The van der Waals surface area contributed by atoms with Crippen molar-refractivity contribution in [2.24, 2.45) is 0 Å². The molecule has 0 atom stereocenters. The van der Waals surface area contributed by atoms with Gasteiger partial charge in [0.15, 0.2) is 0 Å². The Labute approximate surface area is 70.7 Å².